The molecule has 5 heteroatoms. The molecule has 0 aliphatic carbocycles. The van der Waals surface area contributed by atoms with E-state index in [0.29, 0.717) is 26.1 Å². The van der Waals surface area contributed by atoms with Gasteiger partial charge >= 0.3 is 5.97 Å². The highest BCUT2D eigenvalue weighted by Crippen LogP contribution is 2.18. The zero-order valence-electron chi connectivity index (χ0n) is 10.7. The maximum absolute atomic E-state index is 11.7. The van der Waals surface area contributed by atoms with Gasteiger partial charge in [0, 0.05) is 19.5 Å². The fraction of sp³-hybridized carbons (Fsp3) is 0.833. The van der Waals surface area contributed by atoms with Gasteiger partial charge in [-0.15, -0.1) is 0 Å². The Labute approximate surface area is 102 Å². The normalized spacial score (nSPS) is 20.2. The van der Waals surface area contributed by atoms with Gasteiger partial charge in [0.25, 0.3) is 0 Å². The minimum Gasteiger partial charge on any atom is -0.465 e. The van der Waals surface area contributed by atoms with Crippen molar-refractivity contribution in [2.45, 2.75) is 39.2 Å². The molecule has 1 amide bonds. The highest BCUT2D eigenvalue weighted by atomic mass is 16.5. The van der Waals surface area contributed by atoms with Crippen molar-refractivity contribution < 1.29 is 14.3 Å². The molecule has 0 aromatic heterocycles. The quantitative estimate of drug-likeness (QED) is 0.691. The molecule has 0 radical (unpaired) electrons. The lowest BCUT2D eigenvalue weighted by Crippen LogP contribution is -2.39. The van der Waals surface area contributed by atoms with Gasteiger partial charge in [-0.3, -0.25) is 14.5 Å². The monoisotopic (exact) mass is 242 g/mol. The molecule has 1 aliphatic rings. The van der Waals surface area contributed by atoms with Gasteiger partial charge in [-0.2, -0.15) is 0 Å². The Morgan fingerprint density at radius 2 is 2.18 bits per heavy atom. The Bertz CT molecular complexity index is 268. The van der Waals surface area contributed by atoms with Gasteiger partial charge in [-0.05, 0) is 33.2 Å². The summed E-state index contributed by atoms with van der Waals surface area (Å²) in [7, 11) is 0. The van der Waals surface area contributed by atoms with E-state index in [1.165, 1.54) is 0 Å². The van der Waals surface area contributed by atoms with Gasteiger partial charge in [0.1, 0.15) is 6.04 Å². The van der Waals surface area contributed by atoms with Gasteiger partial charge in [-0.25, -0.2) is 0 Å². The van der Waals surface area contributed by atoms with E-state index >= 15 is 0 Å². The van der Waals surface area contributed by atoms with Crippen molar-refractivity contribution in [2.75, 3.05) is 26.2 Å². The molecule has 98 valence electrons. The van der Waals surface area contributed by atoms with Crippen LogP contribution in [0.1, 0.15) is 33.1 Å². The molecule has 1 N–H and O–H groups in total. The largest absolute Gasteiger partial charge is 0.465 e. The number of ether oxygens (including phenoxy) is 1. The molecule has 0 saturated carbocycles. The second kappa shape index (κ2) is 7.27. The van der Waals surface area contributed by atoms with Crippen LogP contribution in [0.4, 0.5) is 0 Å². The minimum atomic E-state index is -0.152. The molecule has 17 heavy (non-hydrogen) atoms. The number of esters is 1. The van der Waals surface area contributed by atoms with E-state index in [2.05, 4.69) is 5.32 Å². The maximum Gasteiger partial charge on any atom is 0.323 e. The zero-order chi connectivity index (χ0) is 12.7. The molecule has 0 bridgehead atoms. The summed E-state index contributed by atoms with van der Waals surface area (Å²) in [6.45, 7) is 6.29. The van der Waals surface area contributed by atoms with Crippen molar-refractivity contribution in [3.8, 4) is 0 Å². The van der Waals surface area contributed by atoms with Gasteiger partial charge in [0.05, 0.1) is 6.61 Å². The van der Waals surface area contributed by atoms with Crippen LogP contribution >= 0.6 is 0 Å². The number of likely N-dealkylation sites (tertiary alicyclic amines) is 1. The Balaban J connectivity index is 2.36. The lowest BCUT2D eigenvalue weighted by molar-refractivity contribution is -0.148. The first-order valence-corrected chi connectivity index (χ1v) is 6.36. The van der Waals surface area contributed by atoms with Crippen molar-refractivity contribution in [3.63, 3.8) is 0 Å². The van der Waals surface area contributed by atoms with Crippen LogP contribution < -0.4 is 5.32 Å². The smallest absolute Gasteiger partial charge is 0.323 e. The highest BCUT2D eigenvalue weighted by molar-refractivity contribution is 5.77. The number of rotatable bonds is 6. The van der Waals surface area contributed by atoms with Gasteiger partial charge in [0.2, 0.25) is 5.91 Å². The molecule has 0 aromatic rings. The van der Waals surface area contributed by atoms with Crippen molar-refractivity contribution in [1.29, 1.82) is 0 Å². The number of carbonyl (C=O) groups is 2. The van der Waals surface area contributed by atoms with Crippen LogP contribution in [-0.2, 0) is 14.3 Å². The molecule has 1 rings (SSSR count). The Morgan fingerprint density at radius 1 is 1.41 bits per heavy atom. The second-order valence-corrected chi connectivity index (χ2v) is 4.15. The van der Waals surface area contributed by atoms with E-state index in [0.717, 1.165) is 19.4 Å². The molecule has 0 spiro atoms. The average Bonchev–Trinajstić information content (AvgIpc) is 2.75. The first-order valence-electron chi connectivity index (χ1n) is 6.36. The van der Waals surface area contributed by atoms with E-state index < -0.39 is 0 Å². The van der Waals surface area contributed by atoms with E-state index in [9.17, 15) is 9.59 Å². The number of hydrogen-bond donors (Lipinski definition) is 1. The number of nitrogens with one attached hydrogen (secondary N) is 1. The summed E-state index contributed by atoms with van der Waals surface area (Å²) in [6, 6.07) is -0.149. The molecular formula is C12H22N2O3. The van der Waals surface area contributed by atoms with Crippen LogP contribution in [0, 0.1) is 0 Å². The summed E-state index contributed by atoms with van der Waals surface area (Å²) in [6.07, 6.45) is 2.29. The predicted octanol–water partition coefficient (Wildman–Crippen LogP) is 0.540. The number of amides is 1. The molecule has 1 aliphatic heterocycles. The Hall–Kier alpha value is -1.10. The van der Waals surface area contributed by atoms with Gasteiger partial charge in [0.15, 0.2) is 0 Å². The van der Waals surface area contributed by atoms with Crippen LogP contribution in [0.3, 0.4) is 0 Å². The summed E-state index contributed by atoms with van der Waals surface area (Å²) in [5.41, 5.74) is 0. The highest BCUT2D eigenvalue weighted by Gasteiger charge is 2.31. The van der Waals surface area contributed by atoms with E-state index in [1.54, 1.807) is 0 Å². The van der Waals surface area contributed by atoms with Crippen LogP contribution in [0.2, 0.25) is 0 Å². The third-order valence-electron chi connectivity index (χ3n) is 2.92. The minimum absolute atomic E-state index is 0.0435. The van der Waals surface area contributed by atoms with Crippen molar-refractivity contribution in [1.82, 2.24) is 10.2 Å². The maximum atomic E-state index is 11.7. The molecule has 1 saturated heterocycles. The first kappa shape index (κ1) is 14.0. The summed E-state index contributed by atoms with van der Waals surface area (Å²) < 4.78 is 5.03. The van der Waals surface area contributed by atoms with Crippen LogP contribution in [0.5, 0.6) is 0 Å². The van der Waals surface area contributed by atoms with Crippen molar-refractivity contribution in [2.24, 2.45) is 0 Å². The Morgan fingerprint density at radius 3 is 2.82 bits per heavy atom. The van der Waals surface area contributed by atoms with Crippen molar-refractivity contribution >= 4 is 11.9 Å². The van der Waals surface area contributed by atoms with E-state index in [1.807, 2.05) is 18.7 Å². The van der Waals surface area contributed by atoms with Crippen LogP contribution in [0.15, 0.2) is 0 Å². The SMILES string of the molecule is CCNC(=O)CCN1CCCC1C(=O)OCC. The summed E-state index contributed by atoms with van der Waals surface area (Å²) >= 11 is 0. The van der Waals surface area contributed by atoms with E-state index in [-0.39, 0.29) is 17.9 Å². The fourth-order valence-electron chi connectivity index (χ4n) is 2.13. The standard InChI is InChI=1S/C12H22N2O3/c1-3-13-11(15)7-9-14-8-5-6-10(14)12(16)17-4-2/h10H,3-9H2,1-2H3,(H,13,15). The molecule has 1 atom stereocenters. The topological polar surface area (TPSA) is 58.6 Å². The third kappa shape index (κ3) is 4.34. The average molecular weight is 242 g/mol. The lowest BCUT2D eigenvalue weighted by atomic mass is 10.2. The lowest BCUT2D eigenvalue weighted by Gasteiger charge is -2.22. The zero-order valence-corrected chi connectivity index (χ0v) is 10.7. The second-order valence-electron chi connectivity index (χ2n) is 4.15. The summed E-state index contributed by atoms with van der Waals surface area (Å²) in [5, 5.41) is 2.76. The summed E-state index contributed by atoms with van der Waals surface area (Å²) in [5.74, 6) is -0.108. The molecule has 1 heterocycles. The molecule has 1 unspecified atom stereocenters. The van der Waals surface area contributed by atoms with Crippen molar-refractivity contribution in [3.05, 3.63) is 0 Å². The molecule has 1 fully saturated rings. The van der Waals surface area contributed by atoms with E-state index in [4.69, 9.17) is 4.74 Å². The van der Waals surface area contributed by atoms with Crippen LogP contribution in [-0.4, -0.2) is 49.1 Å². The van der Waals surface area contributed by atoms with Gasteiger partial charge < -0.3 is 10.1 Å². The number of nitrogens with zero attached hydrogens (tertiary/aromatic N) is 1. The number of carbonyl (C=O) groups excluding carboxylic acids is 2. The van der Waals surface area contributed by atoms with Crippen LogP contribution in [0.25, 0.3) is 0 Å². The summed E-state index contributed by atoms with van der Waals surface area (Å²) in [4.78, 5) is 25.1. The Kier molecular flexibility index (Phi) is 5.97. The fourth-order valence-corrected chi connectivity index (χ4v) is 2.13. The molecule has 0 aromatic carbocycles. The molecule has 5 nitrogen and oxygen atoms in total. The predicted molar refractivity (Wildman–Crippen MR) is 64.5 cm³/mol. The first-order chi connectivity index (χ1) is 8.19. The third-order valence-corrected chi connectivity index (χ3v) is 2.92. The van der Waals surface area contributed by atoms with Gasteiger partial charge in [-0.1, -0.05) is 0 Å². The number of hydrogen-bond acceptors (Lipinski definition) is 4. The molecular weight excluding hydrogens is 220 g/mol.